The van der Waals surface area contributed by atoms with Crippen molar-refractivity contribution in [1.82, 2.24) is 10.2 Å². The molecule has 1 heterocycles. The Morgan fingerprint density at radius 1 is 1.45 bits per heavy atom. The maximum absolute atomic E-state index is 4.22. The minimum absolute atomic E-state index is 0.795. The Kier molecular flexibility index (Phi) is 4.26. The van der Waals surface area contributed by atoms with Gasteiger partial charge in [-0.15, -0.1) is 0 Å². The van der Waals surface area contributed by atoms with E-state index in [1.54, 1.807) is 0 Å². The smallest absolute Gasteiger partial charge is 0.0117 e. The van der Waals surface area contributed by atoms with Gasteiger partial charge in [0.15, 0.2) is 0 Å². The summed E-state index contributed by atoms with van der Waals surface area (Å²) in [5.41, 5.74) is 0. The third kappa shape index (κ3) is 3.01. The predicted molar refractivity (Wildman–Crippen MR) is 52.4 cm³/mol. The van der Waals surface area contributed by atoms with Crippen molar-refractivity contribution in [2.75, 3.05) is 32.4 Å². The highest BCUT2D eigenvalue weighted by Crippen LogP contribution is 2.08. The number of hydrogen-bond donors (Lipinski definition) is 2. The van der Waals surface area contributed by atoms with E-state index in [-0.39, 0.29) is 0 Å². The Morgan fingerprint density at radius 2 is 2.09 bits per heavy atom. The molecule has 0 aromatic carbocycles. The normalized spacial score (nSPS) is 21.0. The zero-order chi connectivity index (χ0) is 8.10. The Hall–Kier alpha value is 0.270. The molecular formula is C8H18N2S. The maximum Gasteiger partial charge on any atom is 0.0117 e. The van der Waals surface area contributed by atoms with E-state index in [0.29, 0.717) is 0 Å². The number of thiol groups is 1. The summed E-state index contributed by atoms with van der Waals surface area (Å²) in [7, 11) is 2.20. The van der Waals surface area contributed by atoms with Crippen LogP contribution in [0, 0.1) is 0 Å². The molecule has 0 spiro atoms. The fourth-order valence-electron chi connectivity index (χ4n) is 1.59. The summed E-state index contributed by atoms with van der Waals surface area (Å²) in [6.45, 7) is 3.48. The number of piperidine rings is 1. The van der Waals surface area contributed by atoms with Crippen molar-refractivity contribution in [2.45, 2.75) is 18.9 Å². The molecule has 0 unspecified atom stereocenters. The molecule has 0 radical (unpaired) electrons. The average Bonchev–Trinajstić information content (AvgIpc) is 2.07. The first-order chi connectivity index (χ1) is 5.34. The van der Waals surface area contributed by atoms with E-state index in [9.17, 15) is 0 Å². The number of nitrogens with one attached hydrogen (secondary N) is 1. The molecule has 66 valence electrons. The van der Waals surface area contributed by atoms with Crippen LogP contribution in [0.4, 0.5) is 0 Å². The van der Waals surface area contributed by atoms with Gasteiger partial charge < -0.3 is 10.2 Å². The molecule has 11 heavy (non-hydrogen) atoms. The Labute approximate surface area is 74.8 Å². The minimum Gasteiger partial charge on any atom is -0.317 e. The van der Waals surface area contributed by atoms with Gasteiger partial charge in [-0.1, -0.05) is 0 Å². The van der Waals surface area contributed by atoms with Crippen molar-refractivity contribution in [1.29, 1.82) is 0 Å². The van der Waals surface area contributed by atoms with Gasteiger partial charge in [0, 0.05) is 18.3 Å². The largest absolute Gasteiger partial charge is 0.317 e. The average molecular weight is 174 g/mol. The molecule has 1 fully saturated rings. The van der Waals surface area contributed by atoms with E-state index in [4.69, 9.17) is 0 Å². The van der Waals surface area contributed by atoms with Crippen LogP contribution >= 0.6 is 12.6 Å². The van der Waals surface area contributed by atoms with Gasteiger partial charge in [-0.2, -0.15) is 12.6 Å². The molecule has 0 aliphatic carbocycles. The van der Waals surface area contributed by atoms with Gasteiger partial charge in [0.2, 0.25) is 0 Å². The third-order valence-electron chi connectivity index (χ3n) is 2.38. The molecule has 1 aliphatic heterocycles. The van der Waals surface area contributed by atoms with Crippen LogP contribution in [0.5, 0.6) is 0 Å². The summed E-state index contributed by atoms with van der Waals surface area (Å²) in [5, 5.41) is 3.37. The summed E-state index contributed by atoms with van der Waals surface area (Å²) in [4.78, 5) is 2.42. The minimum atomic E-state index is 0.795. The molecule has 0 bridgehead atoms. The van der Waals surface area contributed by atoms with E-state index in [1.165, 1.54) is 25.9 Å². The lowest BCUT2D eigenvalue weighted by Crippen LogP contribution is -2.41. The molecule has 1 N–H and O–H groups in total. The summed E-state index contributed by atoms with van der Waals surface area (Å²) in [6, 6.07) is 0.795. The van der Waals surface area contributed by atoms with Crippen LogP contribution < -0.4 is 5.32 Å². The molecule has 1 rings (SSSR count). The van der Waals surface area contributed by atoms with Crippen molar-refractivity contribution in [2.24, 2.45) is 0 Å². The quantitative estimate of drug-likeness (QED) is 0.609. The van der Waals surface area contributed by atoms with Gasteiger partial charge in [0.1, 0.15) is 0 Å². The molecule has 0 aromatic rings. The lowest BCUT2D eigenvalue weighted by atomic mass is 10.1. The number of nitrogens with zero attached hydrogens (tertiary/aromatic N) is 1. The van der Waals surface area contributed by atoms with Crippen LogP contribution in [0.3, 0.4) is 0 Å². The van der Waals surface area contributed by atoms with Crippen molar-refractivity contribution < 1.29 is 0 Å². The summed E-state index contributed by atoms with van der Waals surface area (Å²) in [6.07, 6.45) is 2.59. The maximum atomic E-state index is 4.22. The van der Waals surface area contributed by atoms with E-state index in [0.717, 1.165) is 18.3 Å². The van der Waals surface area contributed by atoms with E-state index in [1.807, 2.05) is 0 Å². The van der Waals surface area contributed by atoms with E-state index >= 15 is 0 Å². The van der Waals surface area contributed by atoms with E-state index < -0.39 is 0 Å². The van der Waals surface area contributed by atoms with Gasteiger partial charge >= 0.3 is 0 Å². The van der Waals surface area contributed by atoms with Gasteiger partial charge in [-0.25, -0.2) is 0 Å². The second-order valence-electron chi connectivity index (χ2n) is 3.19. The van der Waals surface area contributed by atoms with Crippen LogP contribution in [0.25, 0.3) is 0 Å². The molecular weight excluding hydrogens is 156 g/mol. The Morgan fingerprint density at radius 3 is 2.64 bits per heavy atom. The molecule has 0 aromatic heterocycles. The van der Waals surface area contributed by atoms with Crippen LogP contribution in [0.1, 0.15) is 12.8 Å². The van der Waals surface area contributed by atoms with Crippen molar-refractivity contribution in [3.8, 4) is 0 Å². The van der Waals surface area contributed by atoms with Crippen LogP contribution in [-0.2, 0) is 0 Å². The second kappa shape index (κ2) is 5.01. The standard InChI is InChI=1S/C8H18N2S/c1-10(6-7-11)8-2-4-9-5-3-8/h8-9,11H,2-7H2,1H3. The molecule has 0 atom stereocenters. The molecule has 2 nitrogen and oxygen atoms in total. The second-order valence-corrected chi connectivity index (χ2v) is 3.63. The van der Waals surface area contributed by atoms with Gasteiger partial charge in [-0.3, -0.25) is 0 Å². The van der Waals surface area contributed by atoms with Crippen LogP contribution in [-0.4, -0.2) is 43.4 Å². The van der Waals surface area contributed by atoms with E-state index in [2.05, 4.69) is 29.9 Å². The lowest BCUT2D eigenvalue weighted by Gasteiger charge is -2.31. The Balaban J connectivity index is 2.21. The van der Waals surface area contributed by atoms with Crippen molar-refractivity contribution in [3.63, 3.8) is 0 Å². The first kappa shape index (κ1) is 9.36. The van der Waals surface area contributed by atoms with Crippen LogP contribution in [0.2, 0.25) is 0 Å². The molecule has 0 saturated carbocycles. The number of rotatable bonds is 3. The SMILES string of the molecule is CN(CCS)C1CCNCC1. The zero-order valence-corrected chi connectivity index (χ0v) is 8.11. The lowest BCUT2D eigenvalue weighted by molar-refractivity contribution is 0.210. The summed E-state index contributed by atoms with van der Waals surface area (Å²) >= 11 is 4.22. The molecule has 1 saturated heterocycles. The third-order valence-corrected chi connectivity index (χ3v) is 2.58. The highest BCUT2D eigenvalue weighted by molar-refractivity contribution is 7.80. The van der Waals surface area contributed by atoms with Gasteiger partial charge in [0.05, 0.1) is 0 Å². The summed E-state index contributed by atoms with van der Waals surface area (Å²) in [5.74, 6) is 0.973. The highest BCUT2D eigenvalue weighted by Gasteiger charge is 2.16. The van der Waals surface area contributed by atoms with Gasteiger partial charge in [0.25, 0.3) is 0 Å². The van der Waals surface area contributed by atoms with Crippen molar-refractivity contribution >= 4 is 12.6 Å². The first-order valence-corrected chi connectivity index (χ1v) is 4.99. The monoisotopic (exact) mass is 174 g/mol. The predicted octanol–water partition coefficient (Wildman–Crippen LogP) is 0.600. The zero-order valence-electron chi connectivity index (χ0n) is 7.21. The fraction of sp³-hybridized carbons (Fsp3) is 1.00. The molecule has 3 heteroatoms. The topological polar surface area (TPSA) is 15.3 Å². The van der Waals surface area contributed by atoms with Crippen LogP contribution in [0.15, 0.2) is 0 Å². The van der Waals surface area contributed by atoms with Gasteiger partial charge in [-0.05, 0) is 33.0 Å². The molecule has 1 aliphatic rings. The summed E-state index contributed by atoms with van der Waals surface area (Å²) < 4.78 is 0. The molecule has 0 amide bonds. The highest BCUT2D eigenvalue weighted by atomic mass is 32.1. The fourth-order valence-corrected chi connectivity index (χ4v) is 1.90. The Bertz CT molecular complexity index is 102. The number of hydrogen-bond acceptors (Lipinski definition) is 3. The first-order valence-electron chi connectivity index (χ1n) is 4.36. The van der Waals surface area contributed by atoms with Crippen molar-refractivity contribution in [3.05, 3.63) is 0 Å².